The Hall–Kier alpha value is -1.14. The lowest BCUT2D eigenvalue weighted by Gasteiger charge is -2.22. The number of ether oxygens (including phenoxy) is 1. The summed E-state index contributed by atoms with van der Waals surface area (Å²) in [6.07, 6.45) is 77.2. The summed E-state index contributed by atoms with van der Waals surface area (Å²) in [5.74, 6) is -0.00571. The topological polar surface area (TPSA) is 95.9 Å². The summed E-state index contributed by atoms with van der Waals surface area (Å²) >= 11 is 0. The number of hydrogen-bond acceptors (Lipinski definition) is 5. The van der Waals surface area contributed by atoms with E-state index in [1.54, 1.807) is 0 Å². The summed E-state index contributed by atoms with van der Waals surface area (Å²) in [6.45, 7) is 5.00. The molecule has 0 aliphatic rings. The highest BCUT2D eigenvalue weighted by molar-refractivity contribution is 5.76. The second-order valence-corrected chi connectivity index (χ2v) is 23.9. The Kier molecular flexibility index (Phi) is 63.4. The van der Waals surface area contributed by atoms with Gasteiger partial charge in [0.25, 0.3) is 0 Å². The van der Waals surface area contributed by atoms with Gasteiger partial charge in [0.15, 0.2) is 0 Å². The molecule has 0 aromatic carbocycles. The molecule has 2 atom stereocenters. The Labute approximate surface area is 464 Å². The maximum Gasteiger partial charge on any atom is 0.305 e. The SMILES string of the molecule is CCCCCCCCCCCCCCCCCC(O)C(CO)NC(=O)CCCCCCCCCCCCCCCCCCCCCCCCCCCCCCCOC(=O)CCCCCCCCCCCCCCC. The highest BCUT2D eigenvalue weighted by Gasteiger charge is 2.20. The second kappa shape index (κ2) is 64.4. The van der Waals surface area contributed by atoms with Crippen molar-refractivity contribution in [3.8, 4) is 0 Å². The van der Waals surface area contributed by atoms with Gasteiger partial charge in [-0.3, -0.25) is 9.59 Å². The molecule has 0 saturated carbocycles. The minimum Gasteiger partial charge on any atom is -0.466 e. The maximum atomic E-state index is 12.5. The number of aliphatic hydroxyl groups excluding tert-OH is 2. The van der Waals surface area contributed by atoms with Crippen LogP contribution < -0.4 is 5.32 Å². The lowest BCUT2D eigenvalue weighted by Crippen LogP contribution is -2.45. The zero-order valence-corrected chi connectivity index (χ0v) is 50.6. The minimum absolute atomic E-state index is 0.0221. The van der Waals surface area contributed by atoms with E-state index in [0.29, 0.717) is 25.9 Å². The van der Waals surface area contributed by atoms with Crippen LogP contribution in [0.15, 0.2) is 0 Å². The summed E-state index contributed by atoms with van der Waals surface area (Å²) in [6, 6.07) is -0.537. The van der Waals surface area contributed by atoms with Gasteiger partial charge in [-0.1, -0.05) is 361 Å². The van der Waals surface area contributed by atoms with Gasteiger partial charge in [0, 0.05) is 12.8 Å². The summed E-state index contributed by atoms with van der Waals surface area (Å²) in [4.78, 5) is 24.5. The highest BCUT2D eigenvalue weighted by atomic mass is 16.5. The lowest BCUT2D eigenvalue weighted by molar-refractivity contribution is -0.143. The zero-order valence-electron chi connectivity index (χ0n) is 50.6. The third kappa shape index (κ3) is 60.1. The molecule has 442 valence electrons. The lowest BCUT2D eigenvalue weighted by atomic mass is 10.0. The van der Waals surface area contributed by atoms with E-state index in [9.17, 15) is 19.8 Å². The molecule has 0 aromatic heterocycles. The fourth-order valence-electron chi connectivity index (χ4n) is 11.2. The molecule has 0 saturated heterocycles. The van der Waals surface area contributed by atoms with E-state index >= 15 is 0 Å². The molecule has 0 bridgehead atoms. The van der Waals surface area contributed by atoms with Crippen molar-refractivity contribution < 1.29 is 24.5 Å². The molecule has 0 radical (unpaired) electrons. The van der Waals surface area contributed by atoms with Gasteiger partial charge in [-0.15, -0.1) is 0 Å². The van der Waals surface area contributed by atoms with E-state index in [1.807, 2.05) is 0 Å². The van der Waals surface area contributed by atoms with Crippen LogP contribution in [0.25, 0.3) is 0 Å². The van der Waals surface area contributed by atoms with Crippen LogP contribution >= 0.6 is 0 Å². The molecule has 1 amide bonds. The van der Waals surface area contributed by atoms with Gasteiger partial charge >= 0.3 is 5.97 Å². The molecule has 0 aliphatic heterocycles. The van der Waals surface area contributed by atoms with E-state index < -0.39 is 12.1 Å². The van der Waals surface area contributed by atoms with E-state index in [-0.39, 0.29) is 18.5 Å². The number of unbranched alkanes of at least 4 members (excludes halogenated alkanes) is 54. The number of aliphatic hydroxyl groups is 2. The van der Waals surface area contributed by atoms with E-state index in [1.165, 1.54) is 327 Å². The number of esters is 1. The minimum atomic E-state index is -0.660. The fourth-order valence-corrected chi connectivity index (χ4v) is 11.2. The van der Waals surface area contributed by atoms with Crippen molar-refractivity contribution in [2.75, 3.05) is 13.2 Å². The third-order valence-corrected chi connectivity index (χ3v) is 16.4. The van der Waals surface area contributed by atoms with Crippen molar-refractivity contribution in [1.82, 2.24) is 5.32 Å². The first kappa shape index (κ1) is 72.9. The molecule has 3 N–H and O–H groups in total. The first-order valence-corrected chi connectivity index (χ1v) is 34.3. The van der Waals surface area contributed by atoms with Gasteiger partial charge < -0.3 is 20.3 Å². The Morgan fingerprint density at radius 1 is 0.324 bits per heavy atom. The van der Waals surface area contributed by atoms with Crippen LogP contribution in [0.3, 0.4) is 0 Å². The molecule has 0 fully saturated rings. The van der Waals surface area contributed by atoms with Crippen LogP contribution in [0.1, 0.15) is 399 Å². The largest absolute Gasteiger partial charge is 0.466 e. The number of carbonyl (C=O) groups excluding carboxylic acids is 2. The molecular weight excluding hydrogens is 911 g/mol. The quantitative estimate of drug-likeness (QED) is 0.0417. The van der Waals surface area contributed by atoms with Crippen molar-refractivity contribution in [2.45, 2.75) is 411 Å². The van der Waals surface area contributed by atoms with Crippen molar-refractivity contribution in [3.05, 3.63) is 0 Å². The molecule has 0 spiro atoms. The fraction of sp³-hybridized carbons (Fsp3) is 0.971. The first-order chi connectivity index (χ1) is 36.5. The number of carbonyl (C=O) groups is 2. The molecule has 0 aromatic rings. The molecule has 6 heteroatoms. The molecule has 0 heterocycles. The van der Waals surface area contributed by atoms with E-state index in [4.69, 9.17) is 4.74 Å². The highest BCUT2D eigenvalue weighted by Crippen LogP contribution is 2.19. The van der Waals surface area contributed by atoms with E-state index in [2.05, 4.69) is 19.2 Å². The van der Waals surface area contributed by atoms with Gasteiger partial charge in [0.2, 0.25) is 5.91 Å². The van der Waals surface area contributed by atoms with Gasteiger partial charge in [0.05, 0.1) is 25.4 Å². The zero-order chi connectivity index (χ0) is 53.6. The normalized spacial score (nSPS) is 12.4. The van der Waals surface area contributed by atoms with Crippen molar-refractivity contribution in [3.63, 3.8) is 0 Å². The standard InChI is InChI=1S/C68H135NO5/c1-3-5-7-9-11-13-15-17-33-37-40-44-48-52-56-60-66(71)65(64-70)69-67(72)61-57-53-49-45-41-38-34-31-29-27-25-23-21-19-18-20-22-24-26-28-30-32-35-39-43-47-51-55-59-63-74-68(73)62-58-54-50-46-42-36-16-14-12-10-8-6-4-2/h65-66,70-71H,3-64H2,1-2H3,(H,69,72). The Morgan fingerprint density at radius 3 is 0.824 bits per heavy atom. The van der Waals surface area contributed by atoms with Crippen LogP contribution in [0.4, 0.5) is 0 Å². The number of rotatable bonds is 65. The van der Waals surface area contributed by atoms with Crippen molar-refractivity contribution >= 4 is 11.9 Å². The molecule has 2 unspecified atom stereocenters. The molecular formula is C68H135NO5. The predicted molar refractivity (Wildman–Crippen MR) is 324 cm³/mol. The Balaban J connectivity index is 3.32. The third-order valence-electron chi connectivity index (χ3n) is 16.4. The van der Waals surface area contributed by atoms with Crippen LogP contribution in [0.5, 0.6) is 0 Å². The average molecular weight is 1050 g/mol. The van der Waals surface area contributed by atoms with Gasteiger partial charge in [-0.05, 0) is 25.7 Å². The second-order valence-electron chi connectivity index (χ2n) is 23.9. The monoisotopic (exact) mass is 1050 g/mol. The summed E-state index contributed by atoms with van der Waals surface area (Å²) in [7, 11) is 0. The number of hydrogen-bond donors (Lipinski definition) is 3. The number of amides is 1. The molecule has 74 heavy (non-hydrogen) atoms. The van der Waals surface area contributed by atoms with E-state index in [0.717, 1.165) is 38.5 Å². The molecule has 6 nitrogen and oxygen atoms in total. The van der Waals surface area contributed by atoms with Gasteiger partial charge in [-0.2, -0.15) is 0 Å². The summed E-state index contributed by atoms with van der Waals surface area (Å²) < 4.78 is 5.49. The van der Waals surface area contributed by atoms with Crippen LogP contribution in [0.2, 0.25) is 0 Å². The smallest absolute Gasteiger partial charge is 0.305 e. The number of nitrogens with one attached hydrogen (secondary N) is 1. The Bertz CT molecular complexity index is 1070. The van der Waals surface area contributed by atoms with Crippen molar-refractivity contribution in [2.24, 2.45) is 0 Å². The van der Waals surface area contributed by atoms with Crippen LogP contribution in [-0.2, 0) is 14.3 Å². The maximum absolute atomic E-state index is 12.5. The first-order valence-electron chi connectivity index (χ1n) is 34.3. The Morgan fingerprint density at radius 2 is 0.554 bits per heavy atom. The van der Waals surface area contributed by atoms with Crippen LogP contribution in [-0.4, -0.2) is 47.4 Å². The molecule has 0 rings (SSSR count). The molecule has 0 aliphatic carbocycles. The predicted octanol–water partition coefficient (Wildman–Crippen LogP) is 21.8. The average Bonchev–Trinajstić information content (AvgIpc) is 3.40. The van der Waals surface area contributed by atoms with Gasteiger partial charge in [0.1, 0.15) is 0 Å². The summed E-state index contributed by atoms with van der Waals surface area (Å²) in [5.41, 5.74) is 0. The summed E-state index contributed by atoms with van der Waals surface area (Å²) in [5, 5.41) is 23.3. The van der Waals surface area contributed by atoms with Crippen molar-refractivity contribution in [1.29, 1.82) is 0 Å². The van der Waals surface area contributed by atoms with Gasteiger partial charge in [-0.25, -0.2) is 0 Å². The van der Waals surface area contributed by atoms with Crippen LogP contribution in [0, 0.1) is 0 Å².